The average Bonchev–Trinajstić information content (AvgIpc) is 2.14. The molecule has 17 heavy (non-hydrogen) atoms. The van der Waals surface area contributed by atoms with E-state index >= 15 is 0 Å². The number of hydrogen-bond acceptors (Lipinski definition) is 2. The zero-order valence-electron chi connectivity index (χ0n) is 9.00. The molecule has 3 N–H and O–H groups in total. The van der Waals surface area contributed by atoms with Crippen molar-refractivity contribution in [2.75, 3.05) is 6.54 Å². The Morgan fingerprint density at radius 2 is 1.76 bits per heavy atom. The van der Waals surface area contributed by atoms with Crippen molar-refractivity contribution in [1.82, 2.24) is 5.32 Å². The van der Waals surface area contributed by atoms with Gasteiger partial charge in [-0.05, 0) is 24.1 Å². The number of primary amides is 1. The van der Waals surface area contributed by atoms with Gasteiger partial charge < -0.3 is 11.1 Å². The molecule has 1 aromatic rings. The summed E-state index contributed by atoms with van der Waals surface area (Å²) in [6, 6.07) is 3.14. The van der Waals surface area contributed by atoms with E-state index in [-0.39, 0.29) is 13.0 Å². The largest absolute Gasteiger partial charge is 0.369 e. The highest BCUT2D eigenvalue weighted by atomic mass is 19.1. The van der Waals surface area contributed by atoms with Gasteiger partial charge in [0.05, 0.1) is 0 Å². The normalized spacial score (nSPS) is 10.0. The monoisotopic (exact) mass is 242 g/mol. The van der Waals surface area contributed by atoms with Crippen LogP contribution in [0.25, 0.3) is 0 Å². The third kappa shape index (κ3) is 5.05. The Morgan fingerprint density at radius 3 is 2.29 bits per heavy atom. The van der Waals surface area contributed by atoms with Gasteiger partial charge in [0.25, 0.3) is 0 Å². The molecule has 0 bridgehead atoms. The Hall–Kier alpha value is -1.98. The van der Waals surface area contributed by atoms with Crippen LogP contribution in [0.1, 0.15) is 12.0 Å². The van der Waals surface area contributed by atoms with Crippen LogP contribution in [0.15, 0.2) is 18.2 Å². The van der Waals surface area contributed by atoms with Crippen LogP contribution >= 0.6 is 0 Å². The lowest BCUT2D eigenvalue weighted by molar-refractivity contribution is -0.127. The lowest BCUT2D eigenvalue weighted by Gasteiger charge is -2.04. The Morgan fingerprint density at radius 1 is 1.18 bits per heavy atom. The summed E-state index contributed by atoms with van der Waals surface area (Å²) in [7, 11) is 0. The van der Waals surface area contributed by atoms with Gasteiger partial charge in [-0.2, -0.15) is 0 Å². The number of nitrogens with one attached hydrogen (secondary N) is 1. The second-order valence-electron chi connectivity index (χ2n) is 3.52. The van der Waals surface area contributed by atoms with E-state index in [9.17, 15) is 18.4 Å². The fourth-order valence-electron chi connectivity index (χ4n) is 1.32. The number of carbonyl (C=O) groups excluding carboxylic acids is 2. The summed E-state index contributed by atoms with van der Waals surface area (Å²) in [5, 5.41) is 2.42. The molecule has 0 aliphatic heterocycles. The molecular weight excluding hydrogens is 230 g/mol. The van der Waals surface area contributed by atoms with Crippen molar-refractivity contribution in [2.24, 2.45) is 5.73 Å². The number of rotatable bonds is 5. The lowest BCUT2D eigenvalue weighted by Crippen LogP contribution is -2.29. The van der Waals surface area contributed by atoms with Crippen LogP contribution < -0.4 is 11.1 Å². The molecule has 1 rings (SSSR count). The predicted molar refractivity (Wildman–Crippen MR) is 56.9 cm³/mol. The van der Waals surface area contributed by atoms with Crippen molar-refractivity contribution in [3.8, 4) is 0 Å². The van der Waals surface area contributed by atoms with Crippen LogP contribution in [0.3, 0.4) is 0 Å². The summed E-state index contributed by atoms with van der Waals surface area (Å²) in [6.07, 6.45) is -0.114. The molecular formula is C11H12F2N2O2. The first-order valence-electron chi connectivity index (χ1n) is 4.97. The highest BCUT2D eigenvalue weighted by molar-refractivity contribution is 5.95. The first-order chi connectivity index (χ1) is 7.97. The first kappa shape index (κ1) is 13.1. The van der Waals surface area contributed by atoms with E-state index in [0.29, 0.717) is 5.56 Å². The third-order valence-electron chi connectivity index (χ3n) is 1.99. The Labute approximate surface area is 96.8 Å². The SMILES string of the molecule is NC(=O)CC(=O)NCCc1cc(F)cc(F)c1. The topological polar surface area (TPSA) is 72.2 Å². The van der Waals surface area contributed by atoms with Crippen LogP contribution in [0.5, 0.6) is 0 Å². The standard InChI is InChI=1S/C11H12F2N2O2/c12-8-3-7(4-9(13)5-8)1-2-15-11(17)6-10(14)16/h3-5H,1-2,6H2,(H2,14,16)(H,15,17). The molecule has 0 radical (unpaired) electrons. The van der Waals surface area contributed by atoms with E-state index in [4.69, 9.17) is 5.73 Å². The second-order valence-corrected chi connectivity index (χ2v) is 3.52. The summed E-state index contributed by atoms with van der Waals surface area (Å²) in [5.74, 6) is -2.55. The number of hydrogen-bond donors (Lipinski definition) is 2. The van der Waals surface area contributed by atoms with Gasteiger partial charge in [-0.3, -0.25) is 9.59 Å². The molecule has 1 aromatic carbocycles. The van der Waals surface area contributed by atoms with Crippen molar-refractivity contribution >= 4 is 11.8 Å². The molecule has 92 valence electrons. The van der Waals surface area contributed by atoms with E-state index < -0.39 is 29.9 Å². The Balaban J connectivity index is 2.40. The molecule has 0 aliphatic carbocycles. The van der Waals surface area contributed by atoms with E-state index in [0.717, 1.165) is 6.07 Å². The van der Waals surface area contributed by atoms with Gasteiger partial charge in [-0.1, -0.05) is 0 Å². The third-order valence-corrected chi connectivity index (χ3v) is 1.99. The number of nitrogens with two attached hydrogens (primary N) is 1. The maximum absolute atomic E-state index is 12.8. The molecule has 0 saturated carbocycles. The molecule has 0 unspecified atom stereocenters. The summed E-state index contributed by atoms with van der Waals surface area (Å²) < 4.78 is 25.6. The minimum Gasteiger partial charge on any atom is -0.369 e. The van der Waals surface area contributed by atoms with Gasteiger partial charge in [0, 0.05) is 12.6 Å². The van der Waals surface area contributed by atoms with E-state index in [1.165, 1.54) is 12.1 Å². The predicted octanol–water partition coefficient (Wildman–Crippen LogP) is 0.499. The fraction of sp³-hybridized carbons (Fsp3) is 0.273. The Kier molecular flexibility index (Phi) is 4.56. The summed E-state index contributed by atoms with van der Waals surface area (Å²) >= 11 is 0. The van der Waals surface area contributed by atoms with E-state index in [2.05, 4.69) is 5.32 Å². The molecule has 0 aromatic heterocycles. The second kappa shape index (κ2) is 5.93. The molecule has 2 amide bonds. The molecule has 0 fully saturated rings. The van der Waals surface area contributed by atoms with Crippen molar-refractivity contribution in [1.29, 1.82) is 0 Å². The van der Waals surface area contributed by atoms with Crippen molar-refractivity contribution in [3.05, 3.63) is 35.4 Å². The minimum absolute atomic E-state index is 0.189. The molecule has 0 atom stereocenters. The molecule has 0 aliphatic rings. The quantitative estimate of drug-likeness (QED) is 0.738. The smallest absolute Gasteiger partial charge is 0.229 e. The highest BCUT2D eigenvalue weighted by Crippen LogP contribution is 2.07. The van der Waals surface area contributed by atoms with Gasteiger partial charge >= 0.3 is 0 Å². The van der Waals surface area contributed by atoms with Gasteiger partial charge in [-0.15, -0.1) is 0 Å². The number of amides is 2. The van der Waals surface area contributed by atoms with Crippen LogP contribution in [-0.2, 0) is 16.0 Å². The van der Waals surface area contributed by atoms with Crippen molar-refractivity contribution < 1.29 is 18.4 Å². The van der Waals surface area contributed by atoms with Gasteiger partial charge in [0.2, 0.25) is 11.8 Å². The maximum Gasteiger partial charge on any atom is 0.229 e. The van der Waals surface area contributed by atoms with Crippen LogP contribution in [0.4, 0.5) is 8.78 Å². The molecule has 0 saturated heterocycles. The Bertz CT molecular complexity index is 415. The molecule has 0 spiro atoms. The van der Waals surface area contributed by atoms with Crippen LogP contribution in [0.2, 0.25) is 0 Å². The van der Waals surface area contributed by atoms with Crippen LogP contribution in [-0.4, -0.2) is 18.4 Å². The van der Waals surface area contributed by atoms with Gasteiger partial charge in [0.1, 0.15) is 18.1 Å². The lowest BCUT2D eigenvalue weighted by atomic mass is 10.1. The summed E-state index contributed by atoms with van der Waals surface area (Å²) in [6.45, 7) is 0.189. The molecule has 0 heterocycles. The number of benzene rings is 1. The van der Waals surface area contributed by atoms with Crippen molar-refractivity contribution in [2.45, 2.75) is 12.8 Å². The number of carbonyl (C=O) groups is 2. The zero-order valence-corrected chi connectivity index (χ0v) is 9.00. The molecule has 6 heteroatoms. The highest BCUT2D eigenvalue weighted by Gasteiger charge is 2.05. The zero-order chi connectivity index (χ0) is 12.8. The maximum atomic E-state index is 12.8. The summed E-state index contributed by atoms with van der Waals surface area (Å²) in [5.41, 5.74) is 5.25. The average molecular weight is 242 g/mol. The fourth-order valence-corrected chi connectivity index (χ4v) is 1.32. The van der Waals surface area contributed by atoms with E-state index in [1.54, 1.807) is 0 Å². The first-order valence-corrected chi connectivity index (χ1v) is 4.97. The minimum atomic E-state index is -0.723. The van der Waals surface area contributed by atoms with Crippen molar-refractivity contribution in [3.63, 3.8) is 0 Å². The van der Waals surface area contributed by atoms with Crippen LogP contribution in [0, 0.1) is 11.6 Å². The van der Waals surface area contributed by atoms with Gasteiger partial charge in [0.15, 0.2) is 0 Å². The summed E-state index contributed by atoms with van der Waals surface area (Å²) in [4.78, 5) is 21.4. The van der Waals surface area contributed by atoms with Gasteiger partial charge in [-0.25, -0.2) is 8.78 Å². The number of halogens is 2. The van der Waals surface area contributed by atoms with E-state index in [1.807, 2.05) is 0 Å². The molecule has 4 nitrogen and oxygen atoms in total.